The van der Waals surface area contributed by atoms with Gasteiger partial charge in [0.05, 0.1) is 12.6 Å². The molecule has 7 nitrogen and oxygen atoms in total. The molecule has 1 saturated heterocycles. The normalized spacial score (nSPS) is 24.5. The molecule has 1 N–H and O–H groups in total. The molecule has 0 saturated carbocycles. The predicted molar refractivity (Wildman–Crippen MR) is 104 cm³/mol. The molecule has 3 amide bonds. The second-order valence-electron chi connectivity index (χ2n) is 7.74. The molecule has 3 aliphatic heterocycles. The highest BCUT2D eigenvalue weighted by molar-refractivity contribution is 6.40. The average Bonchev–Trinajstić information content (AvgIpc) is 3.06. The molecule has 0 aromatic heterocycles. The number of nitrogens with one attached hydrogen (secondary N) is 1. The Kier molecular flexibility index (Phi) is 5.17. The summed E-state index contributed by atoms with van der Waals surface area (Å²) in [5.41, 5.74) is 3.08. The molecular formula is C21H25N3O4. The molecule has 2 atom stereocenters. The molecule has 1 aromatic rings. The Morgan fingerprint density at radius 1 is 1.25 bits per heavy atom. The average molecular weight is 383 g/mol. The van der Waals surface area contributed by atoms with E-state index in [1.54, 1.807) is 9.80 Å². The predicted octanol–water partition coefficient (Wildman–Crippen LogP) is 1.20. The van der Waals surface area contributed by atoms with Crippen LogP contribution in [0.3, 0.4) is 0 Å². The van der Waals surface area contributed by atoms with E-state index in [9.17, 15) is 14.4 Å². The van der Waals surface area contributed by atoms with Crippen LogP contribution < -0.4 is 10.2 Å². The highest BCUT2D eigenvalue weighted by atomic mass is 16.5. The molecule has 2 unspecified atom stereocenters. The van der Waals surface area contributed by atoms with Crippen LogP contribution >= 0.6 is 0 Å². The summed E-state index contributed by atoms with van der Waals surface area (Å²) in [6, 6.07) is 7.62. The molecular weight excluding hydrogens is 358 g/mol. The molecule has 0 radical (unpaired) electrons. The third-order valence-electron chi connectivity index (χ3n) is 5.71. The summed E-state index contributed by atoms with van der Waals surface area (Å²) in [4.78, 5) is 40.6. The quantitative estimate of drug-likeness (QED) is 0.615. The maximum absolute atomic E-state index is 13.0. The number of anilines is 1. The molecule has 28 heavy (non-hydrogen) atoms. The summed E-state index contributed by atoms with van der Waals surface area (Å²) in [6.07, 6.45) is 3.48. The van der Waals surface area contributed by atoms with Crippen molar-refractivity contribution < 1.29 is 19.1 Å². The summed E-state index contributed by atoms with van der Waals surface area (Å²) >= 11 is 0. The van der Waals surface area contributed by atoms with Crippen molar-refractivity contribution in [3.63, 3.8) is 0 Å². The molecule has 1 aromatic carbocycles. The lowest BCUT2D eigenvalue weighted by Crippen LogP contribution is -2.48. The number of rotatable bonds is 2. The Labute approximate surface area is 164 Å². The number of carbonyl (C=O) groups excluding carboxylic acids is 3. The van der Waals surface area contributed by atoms with E-state index in [-0.39, 0.29) is 24.5 Å². The second kappa shape index (κ2) is 7.75. The number of morpholine rings is 1. The van der Waals surface area contributed by atoms with E-state index in [1.807, 2.05) is 37.3 Å². The van der Waals surface area contributed by atoms with Crippen molar-refractivity contribution in [1.29, 1.82) is 0 Å². The van der Waals surface area contributed by atoms with Crippen LogP contribution in [0.4, 0.5) is 5.69 Å². The Morgan fingerprint density at radius 2 is 2.07 bits per heavy atom. The summed E-state index contributed by atoms with van der Waals surface area (Å²) in [5, 5.41) is 2.95. The molecule has 3 aliphatic rings. The van der Waals surface area contributed by atoms with Crippen LogP contribution in [-0.2, 0) is 19.1 Å². The zero-order valence-electron chi connectivity index (χ0n) is 16.0. The van der Waals surface area contributed by atoms with E-state index < -0.39 is 11.8 Å². The molecule has 4 rings (SSSR count). The van der Waals surface area contributed by atoms with E-state index in [0.717, 1.165) is 17.7 Å². The molecule has 0 bridgehead atoms. The van der Waals surface area contributed by atoms with Gasteiger partial charge in [0.2, 0.25) is 5.91 Å². The van der Waals surface area contributed by atoms with Crippen molar-refractivity contribution in [3.05, 3.63) is 41.5 Å². The van der Waals surface area contributed by atoms with Gasteiger partial charge in [-0.2, -0.15) is 0 Å². The minimum Gasteiger partial charge on any atom is -0.370 e. The second-order valence-corrected chi connectivity index (χ2v) is 7.74. The fourth-order valence-electron chi connectivity index (χ4n) is 4.17. The summed E-state index contributed by atoms with van der Waals surface area (Å²) in [6.45, 7) is 4.12. The molecule has 3 heterocycles. The first kappa shape index (κ1) is 18.7. The van der Waals surface area contributed by atoms with Crippen molar-refractivity contribution in [2.75, 3.05) is 37.7 Å². The van der Waals surface area contributed by atoms with E-state index in [4.69, 9.17) is 4.74 Å². The van der Waals surface area contributed by atoms with Gasteiger partial charge in [-0.05, 0) is 31.4 Å². The molecule has 0 aliphatic carbocycles. The lowest BCUT2D eigenvalue weighted by molar-refractivity contribution is -0.144. The van der Waals surface area contributed by atoms with E-state index >= 15 is 0 Å². The number of hydrogen-bond acceptors (Lipinski definition) is 4. The van der Waals surface area contributed by atoms with E-state index in [1.165, 1.54) is 5.57 Å². The van der Waals surface area contributed by atoms with Crippen LogP contribution in [0, 0.1) is 0 Å². The van der Waals surface area contributed by atoms with Gasteiger partial charge in [-0.1, -0.05) is 29.8 Å². The van der Waals surface area contributed by atoms with Crippen molar-refractivity contribution in [1.82, 2.24) is 10.2 Å². The van der Waals surface area contributed by atoms with Gasteiger partial charge in [-0.3, -0.25) is 14.4 Å². The fraction of sp³-hybridized carbons (Fsp3) is 0.476. The zero-order valence-corrected chi connectivity index (χ0v) is 16.0. The van der Waals surface area contributed by atoms with Gasteiger partial charge in [0, 0.05) is 31.2 Å². The first-order valence-corrected chi connectivity index (χ1v) is 9.75. The number of hydrogen-bond donors (Lipinski definition) is 1. The minimum absolute atomic E-state index is 0.0587. The van der Waals surface area contributed by atoms with Crippen LogP contribution in [0.25, 0.3) is 0 Å². The lowest BCUT2D eigenvalue weighted by atomic mass is 9.94. The number of carbonyl (C=O) groups is 3. The van der Waals surface area contributed by atoms with Crippen LogP contribution in [0.5, 0.6) is 0 Å². The number of para-hydroxylation sites is 1. The molecule has 0 spiro atoms. The minimum atomic E-state index is -0.480. The Morgan fingerprint density at radius 3 is 2.82 bits per heavy atom. The SMILES string of the molecule is CC1=CCN(C(=O)C(=O)N2CC(CC3COCC(=O)N3)c3ccccc32)CC1. The van der Waals surface area contributed by atoms with E-state index in [2.05, 4.69) is 5.32 Å². The smallest absolute Gasteiger partial charge is 0.316 e. The van der Waals surface area contributed by atoms with Gasteiger partial charge >= 0.3 is 11.8 Å². The zero-order chi connectivity index (χ0) is 19.7. The van der Waals surface area contributed by atoms with E-state index in [0.29, 0.717) is 32.7 Å². The fourth-order valence-corrected chi connectivity index (χ4v) is 4.17. The van der Waals surface area contributed by atoms with Crippen LogP contribution in [0.15, 0.2) is 35.9 Å². The van der Waals surface area contributed by atoms with Crippen LogP contribution in [0.2, 0.25) is 0 Å². The standard InChI is InChI=1S/C21H25N3O4/c1-14-6-8-23(9-7-14)20(26)21(27)24-11-15(17-4-2-3-5-18(17)24)10-16-12-28-13-19(25)22-16/h2-6,15-16H,7-13H2,1H3,(H,22,25). The maximum atomic E-state index is 13.0. The highest BCUT2D eigenvalue weighted by Gasteiger charge is 2.38. The number of amides is 3. The highest BCUT2D eigenvalue weighted by Crippen LogP contribution is 2.39. The maximum Gasteiger partial charge on any atom is 0.316 e. The Balaban J connectivity index is 1.49. The first-order chi connectivity index (χ1) is 13.5. The molecule has 148 valence electrons. The summed E-state index contributed by atoms with van der Waals surface area (Å²) in [5.74, 6) is -0.983. The largest absolute Gasteiger partial charge is 0.370 e. The van der Waals surface area contributed by atoms with Crippen LogP contribution in [0.1, 0.15) is 31.2 Å². The van der Waals surface area contributed by atoms with Crippen molar-refractivity contribution in [2.45, 2.75) is 31.7 Å². The van der Waals surface area contributed by atoms with Gasteiger partial charge in [0.25, 0.3) is 0 Å². The van der Waals surface area contributed by atoms with Crippen LogP contribution in [-0.4, -0.2) is 61.5 Å². The third-order valence-corrected chi connectivity index (χ3v) is 5.71. The number of fused-ring (bicyclic) bond motifs is 1. The van der Waals surface area contributed by atoms with Gasteiger partial charge in [-0.25, -0.2) is 0 Å². The van der Waals surface area contributed by atoms with Gasteiger partial charge < -0.3 is 19.9 Å². The third kappa shape index (κ3) is 3.67. The Bertz CT molecular complexity index is 835. The monoisotopic (exact) mass is 383 g/mol. The lowest BCUT2D eigenvalue weighted by Gasteiger charge is -2.28. The van der Waals surface area contributed by atoms with Gasteiger partial charge in [0.1, 0.15) is 6.61 Å². The van der Waals surface area contributed by atoms with Gasteiger partial charge in [0.15, 0.2) is 0 Å². The molecule has 1 fully saturated rings. The number of nitrogens with zero attached hydrogens (tertiary/aromatic N) is 2. The molecule has 7 heteroatoms. The first-order valence-electron chi connectivity index (χ1n) is 9.75. The Hall–Kier alpha value is -2.67. The topological polar surface area (TPSA) is 79.0 Å². The van der Waals surface area contributed by atoms with Gasteiger partial charge in [-0.15, -0.1) is 0 Å². The summed E-state index contributed by atoms with van der Waals surface area (Å²) < 4.78 is 5.33. The van der Waals surface area contributed by atoms with Crippen molar-refractivity contribution >= 4 is 23.4 Å². The number of benzene rings is 1. The van der Waals surface area contributed by atoms with Crippen molar-refractivity contribution in [2.24, 2.45) is 0 Å². The number of ether oxygens (including phenoxy) is 1. The van der Waals surface area contributed by atoms with Crippen molar-refractivity contribution in [3.8, 4) is 0 Å². The summed E-state index contributed by atoms with van der Waals surface area (Å²) in [7, 11) is 0.